The smallest absolute Gasteiger partial charge is 0.273 e. The molecule has 142 valence electrons. The van der Waals surface area contributed by atoms with Crippen LogP contribution in [0.4, 0.5) is 5.69 Å². The second kappa shape index (κ2) is 7.15. The maximum atomic E-state index is 12.5. The molecule has 3 aromatic rings. The van der Waals surface area contributed by atoms with Gasteiger partial charge in [-0.2, -0.15) is 0 Å². The number of H-pyrrole nitrogens is 1. The predicted octanol–water partition coefficient (Wildman–Crippen LogP) is 1.22. The van der Waals surface area contributed by atoms with Crippen LogP contribution in [-0.4, -0.2) is 27.6 Å². The van der Waals surface area contributed by atoms with Crippen molar-refractivity contribution in [2.45, 2.75) is 25.4 Å². The SMILES string of the molecule is O=C(Cn1[nH]c(=O)c2ccccc2c1=O)Nc1cccc(C(=O)NC2CC2)c1. The van der Waals surface area contributed by atoms with E-state index in [1.54, 1.807) is 48.5 Å². The summed E-state index contributed by atoms with van der Waals surface area (Å²) >= 11 is 0. The average molecular weight is 378 g/mol. The number of fused-ring (bicyclic) bond motifs is 1. The summed E-state index contributed by atoms with van der Waals surface area (Å²) in [6, 6.07) is 13.2. The number of carbonyl (C=O) groups is 2. The maximum absolute atomic E-state index is 12.5. The number of aromatic nitrogens is 2. The molecule has 0 radical (unpaired) electrons. The van der Waals surface area contributed by atoms with E-state index >= 15 is 0 Å². The first kappa shape index (κ1) is 17.7. The van der Waals surface area contributed by atoms with Crippen molar-refractivity contribution in [1.29, 1.82) is 0 Å². The molecule has 28 heavy (non-hydrogen) atoms. The molecule has 0 spiro atoms. The summed E-state index contributed by atoms with van der Waals surface area (Å²) in [5.74, 6) is -0.679. The normalized spacial score (nSPS) is 13.3. The Labute approximate surface area is 159 Å². The molecule has 8 heteroatoms. The standard InChI is InChI=1S/C20H18N4O4/c25-17(11-24-20(28)16-7-2-1-6-15(16)19(27)23-24)21-14-5-3-4-12(10-14)18(26)22-13-8-9-13/h1-7,10,13H,8-9,11H2,(H,21,25)(H,22,26)(H,23,27). The number of hydrogen-bond donors (Lipinski definition) is 3. The molecule has 0 unspecified atom stereocenters. The van der Waals surface area contributed by atoms with Crippen molar-refractivity contribution < 1.29 is 9.59 Å². The minimum atomic E-state index is -0.493. The van der Waals surface area contributed by atoms with E-state index in [9.17, 15) is 19.2 Å². The second-order valence-corrected chi connectivity index (χ2v) is 6.75. The van der Waals surface area contributed by atoms with Gasteiger partial charge in [0.1, 0.15) is 6.54 Å². The predicted molar refractivity (Wildman–Crippen MR) is 104 cm³/mol. The summed E-state index contributed by atoms with van der Waals surface area (Å²) in [4.78, 5) is 49.1. The Bertz CT molecular complexity index is 1190. The maximum Gasteiger partial charge on any atom is 0.273 e. The Morgan fingerprint density at radius 2 is 1.79 bits per heavy atom. The zero-order chi connectivity index (χ0) is 19.7. The Balaban J connectivity index is 1.51. The van der Waals surface area contributed by atoms with Crippen LogP contribution in [0.2, 0.25) is 0 Å². The lowest BCUT2D eigenvalue weighted by atomic mass is 10.2. The number of carbonyl (C=O) groups excluding carboxylic acids is 2. The summed E-state index contributed by atoms with van der Waals surface area (Å²) in [5, 5.41) is 8.47. The van der Waals surface area contributed by atoms with Crippen molar-refractivity contribution >= 4 is 28.3 Å². The molecule has 1 aromatic heterocycles. The molecule has 8 nitrogen and oxygen atoms in total. The van der Waals surface area contributed by atoms with E-state index in [2.05, 4.69) is 15.7 Å². The van der Waals surface area contributed by atoms with Crippen molar-refractivity contribution in [2.24, 2.45) is 0 Å². The van der Waals surface area contributed by atoms with Gasteiger partial charge in [0.15, 0.2) is 0 Å². The molecule has 0 atom stereocenters. The highest BCUT2D eigenvalue weighted by Crippen LogP contribution is 2.20. The molecular weight excluding hydrogens is 360 g/mol. The van der Waals surface area contributed by atoms with E-state index in [1.165, 1.54) is 0 Å². The lowest BCUT2D eigenvalue weighted by molar-refractivity contribution is -0.117. The molecule has 1 fully saturated rings. The van der Waals surface area contributed by atoms with Crippen LogP contribution in [0, 0.1) is 0 Å². The Morgan fingerprint density at radius 1 is 1.04 bits per heavy atom. The van der Waals surface area contributed by atoms with Crippen LogP contribution in [0.3, 0.4) is 0 Å². The van der Waals surface area contributed by atoms with E-state index in [-0.39, 0.29) is 29.3 Å². The Morgan fingerprint density at radius 3 is 2.54 bits per heavy atom. The summed E-state index contributed by atoms with van der Waals surface area (Å²) in [6.45, 7) is -0.350. The van der Waals surface area contributed by atoms with Gasteiger partial charge >= 0.3 is 0 Å². The highest BCUT2D eigenvalue weighted by Gasteiger charge is 2.23. The molecule has 1 aliphatic carbocycles. The van der Waals surface area contributed by atoms with E-state index in [0.717, 1.165) is 17.5 Å². The second-order valence-electron chi connectivity index (χ2n) is 6.75. The first-order chi connectivity index (χ1) is 13.5. The van der Waals surface area contributed by atoms with Crippen LogP contribution in [0.1, 0.15) is 23.2 Å². The molecule has 1 saturated carbocycles. The number of aromatic amines is 1. The topological polar surface area (TPSA) is 113 Å². The van der Waals surface area contributed by atoms with E-state index < -0.39 is 17.0 Å². The molecule has 0 bridgehead atoms. The number of benzene rings is 2. The van der Waals surface area contributed by atoms with Crippen molar-refractivity contribution in [1.82, 2.24) is 15.1 Å². The molecular formula is C20H18N4O4. The minimum Gasteiger partial charge on any atom is -0.349 e. The van der Waals surface area contributed by atoms with E-state index in [0.29, 0.717) is 11.3 Å². The van der Waals surface area contributed by atoms with E-state index in [4.69, 9.17) is 0 Å². The van der Waals surface area contributed by atoms with Crippen LogP contribution in [0.5, 0.6) is 0 Å². The molecule has 4 rings (SSSR count). The summed E-state index contributed by atoms with van der Waals surface area (Å²) in [7, 11) is 0. The highest BCUT2D eigenvalue weighted by molar-refractivity contribution is 5.97. The molecule has 0 saturated heterocycles. The van der Waals surface area contributed by atoms with Crippen LogP contribution < -0.4 is 21.8 Å². The highest BCUT2D eigenvalue weighted by atomic mass is 16.2. The zero-order valence-corrected chi connectivity index (χ0v) is 14.9. The number of rotatable bonds is 5. The summed E-state index contributed by atoms with van der Waals surface area (Å²) in [5.41, 5.74) is -0.0183. The lowest BCUT2D eigenvalue weighted by Crippen LogP contribution is -2.34. The van der Waals surface area contributed by atoms with Crippen molar-refractivity contribution in [3.05, 3.63) is 74.8 Å². The van der Waals surface area contributed by atoms with Gasteiger partial charge in [0.2, 0.25) is 5.91 Å². The third kappa shape index (κ3) is 3.71. The number of nitrogens with one attached hydrogen (secondary N) is 3. The largest absolute Gasteiger partial charge is 0.349 e. The van der Waals surface area contributed by atoms with Crippen LogP contribution in [0.15, 0.2) is 58.1 Å². The molecule has 1 aliphatic rings. The quantitative estimate of drug-likeness (QED) is 0.619. The van der Waals surface area contributed by atoms with Gasteiger partial charge in [0.25, 0.3) is 17.0 Å². The van der Waals surface area contributed by atoms with Crippen molar-refractivity contribution in [3.63, 3.8) is 0 Å². The lowest BCUT2D eigenvalue weighted by Gasteiger charge is -2.10. The molecule has 2 amide bonds. The van der Waals surface area contributed by atoms with Gasteiger partial charge in [0, 0.05) is 17.3 Å². The Kier molecular flexibility index (Phi) is 4.52. The molecule has 1 heterocycles. The molecule has 0 aliphatic heterocycles. The average Bonchev–Trinajstić information content (AvgIpc) is 3.50. The van der Waals surface area contributed by atoms with Gasteiger partial charge in [-0.3, -0.25) is 24.3 Å². The van der Waals surface area contributed by atoms with Gasteiger partial charge in [0.05, 0.1) is 10.8 Å². The number of nitrogens with zero attached hydrogens (tertiary/aromatic N) is 1. The summed E-state index contributed by atoms with van der Waals surface area (Å²) in [6.07, 6.45) is 1.97. The zero-order valence-electron chi connectivity index (χ0n) is 14.9. The van der Waals surface area contributed by atoms with Crippen molar-refractivity contribution in [3.8, 4) is 0 Å². The van der Waals surface area contributed by atoms with Gasteiger partial charge in [-0.1, -0.05) is 18.2 Å². The third-order valence-electron chi connectivity index (χ3n) is 4.51. The van der Waals surface area contributed by atoms with Crippen LogP contribution >= 0.6 is 0 Å². The van der Waals surface area contributed by atoms with E-state index in [1.807, 2.05) is 0 Å². The fourth-order valence-corrected chi connectivity index (χ4v) is 2.94. The number of amides is 2. The fraction of sp³-hybridized carbons (Fsp3) is 0.200. The number of hydrogen-bond acceptors (Lipinski definition) is 4. The molecule has 2 aromatic carbocycles. The Hall–Kier alpha value is -3.68. The van der Waals surface area contributed by atoms with Gasteiger partial charge < -0.3 is 10.6 Å². The minimum absolute atomic E-state index is 0.186. The first-order valence-electron chi connectivity index (χ1n) is 8.94. The third-order valence-corrected chi connectivity index (χ3v) is 4.51. The summed E-state index contributed by atoms with van der Waals surface area (Å²) < 4.78 is 0.976. The van der Waals surface area contributed by atoms with Crippen LogP contribution in [0.25, 0.3) is 10.8 Å². The van der Waals surface area contributed by atoms with Gasteiger partial charge in [-0.25, -0.2) is 4.68 Å². The van der Waals surface area contributed by atoms with Crippen molar-refractivity contribution in [2.75, 3.05) is 5.32 Å². The van der Waals surface area contributed by atoms with Gasteiger partial charge in [-0.15, -0.1) is 0 Å². The van der Waals surface area contributed by atoms with Gasteiger partial charge in [-0.05, 0) is 43.2 Å². The number of anilines is 1. The monoisotopic (exact) mass is 378 g/mol. The first-order valence-corrected chi connectivity index (χ1v) is 8.94. The molecule has 3 N–H and O–H groups in total. The van der Waals surface area contributed by atoms with Crippen LogP contribution in [-0.2, 0) is 11.3 Å². The fourth-order valence-electron chi connectivity index (χ4n) is 2.94.